The van der Waals surface area contributed by atoms with E-state index in [-0.39, 0.29) is 5.91 Å². The van der Waals surface area contributed by atoms with Crippen LogP contribution in [0.5, 0.6) is 0 Å². The lowest BCUT2D eigenvalue weighted by atomic mass is 10.1. The van der Waals surface area contributed by atoms with Crippen LogP contribution in [0.1, 0.15) is 33.0 Å². The predicted octanol–water partition coefficient (Wildman–Crippen LogP) is 4.12. The standard InChI is InChI=1S/C22H24N4O/c1-15-8-7-11-19(16(15)2)26-21-14-20(24-17(3)25-21)22(27)23-13-12-18-9-5-4-6-10-18/h4-11,14H,12-13H2,1-3H3,(H,23,27)(H,24,25,26). The molecule has 3 rings (SSSR count). The molecule has 0 bridgehead atoms. The summed E-state index contributed by atoms with van der Waals surface area (Å²) in [5, 5.41) is 6.23. The average Bonchev–Trinajstić information content (AvgIpc) is 2.66. The summed E-state index contributed by atoms with van der Waals surface area (Å²) in [6.45, 7) is 6.47. The zero-order valence-corrected chi connectivity index (χ0v) is 15.9. The molecule has 2 aromatic carbocycles. The van der Waals surface area contributed by atoms with Gasteiger partial charge in [-0.05, 0) is 49.9 Å². The highest BCUT2D eigenvalue weighted by molar-refractivity contribution is 5.93. The second kappa shape index (κ2) is 8.45. The topological polar surface area (TPSA) is 66.9 Å². The number of carbonyl (C=O) groups excluding carboxylic acids is 1. The molecule has 5 nitrogen and oxygen atoms in total. The molecule has 0 aliphatic carbocycles. The summed E-state index contributed by atoms with van der Waals surface area (Å²) in [6, 6.07) is 17.8. The first kappa shape index (κ1) is 18.6. The van der Waals surface area contributed by atoms with Crippen molar-refractivity contribution in [2.24, 2.45) is 0 Å². The zero-order chi connectivity index (χ0) is 19.2. The molecule has 1 aromatic heterocycles. The molecule has 2 N–H and O–H groups in total. The number of carbonyl (C=O) groups is 1. The summed E-state index contributed by atoms with van der Waals surface area (Å²) in [5.41, 5.74) is 4.88. The Hall–Kier alpha value is -3.21. The van der Waals surface area contributed by atoms with E-state index in [9.17, 15) is 4.79 Å². The van der Waals surface area contributed by atoms with E-state index < -0.39 is 0 Å². The van der Waals surface area contributed by atoms with Crippen LogP contribution in [-0.2, 0) is 6.42 Å². The van der Waals surface area contributed by atoms with E-state index in [0.717, 1.165) is 17.7 Å². The van der Waals surface area contributed by atoms with E-state index in [1.807, 2.05) is 42.5 Å². The number of hydrogen-bond donors (Lipinski definition) is 2. The predicted molar refractivity (Wildman–Crippen MR) is 108 cm³/mol. The van der Waals surface area contributed by atoms with Crippen LogP contribution in [0.25, 0.3) is 0 Å². The van der Waals surface area contributed by atoms with Crippen molar-refractivity contribution in [1.29, 1.82) is 0 Å². The number of nitrogens with zero attached hydrogens (tertiary/aromatic N) is 2. The van der Waals surface area contributed by atoms with Crippen LogP contribution in [0.4, 0.5) is 11.5 Å². The Bertz CT molecular complexity index is 938. The summed E-state index contributed by atoms with van der Waals surface area (Å²) in [4.78, 5) is 21.2. The SMILES string of the molecule is Cc1nc(Nc2cccc(C)c2C)cc(C(=O)NCCc2ccccc2)n1. The number of hydrogen-bond acceptors (Lipinski definition) is 4. The number of anilines is 2. The number of aromatic nitrogens is 2. The van der Waals surface area contributed by atoms with Crippen molar-refractivity contribution < 1.29 is 4.79 Å². The molecule has 0 spiro atoms. The van der Waals surface area contributed by atoms with E-state index in [0.29, 0.717) is 23.9 Å². The van der Waals surface area contributed by atoms with Gasteiger partial charge in [-0.2, -0.15) is 0 Å². The van der Waals surface area contributed by atoms with Gasteiger partial charge in [-0.1, -0.05) is 42.5 Å². The van der Waals surface area contributed by atoms with Crippen molar-refractivity contribution in [2.45, 2.75) is 27.2 Å². The molecule has 27 heavy (non-hydrogen) atoms. The Morgan fingerprint density at radius 3 is 2.52 bits per heavy atom. The van der Waals surface area contributed by atoms with Crippen LogP contribution < -0.4 is 10.6 Å². The first-order valence-corrected chi connectivity index (χ1v) is 9.04. The fraction of sp³-hybridized carbons (Fsp3) is 0.227. The maximum absolute atomic E-state index is 12.5. The highest BCUT2D eigenvalue weighted by Gasteiger charge is 2.11. The summed E-state index contributed by atoms with van der Waals surface area (Å²) in [7, 11) is 0. The molecule has 1 heterocycles. The number of rotatable bonds is 6. The first-order valence-electron chi connectivity index (χ1n) is 9.04. The van der Waals surface area contributed by atoms with E-state index in [1.165, 1.54) is 11.1 Å². The molecule has 0 aliphatic heterocycles. The lowest BCUT2D eigenvalue weighted by Gasteiger charge is -2.12. The van der Waals surface area contributed by atoms with Crippen molar-refractivity contribution >= 4 is 17.4 Å². The zero-order valence-electron chi connectivity index (χ0n) is 15.9. The molecular weight excluding hydrogens is 336 g/mol. The van der Waals surface area contributed by atoms with Gasteiger partial charge in [0.05, 0.1) is 0 Å². The molecule has 138 valence electrons. The van der Waals surface area contributed by atoms with Crippen molar-refractivity contribution in [1.82, 2.24) is 15.3 Å². The Balaban J connectivity index is 1.69. The molecule has 5 heteroatoms. The van der Waals surface area contributed by atoms with Crippen molar-refractivity contribution in [3.05, 3.63) is 82.8 Å². The molecule has 1 amide bonds. The van der Waals surface area contributed by atoms with Gasteiger partial charge in [0.2, 0.25) is 0 Å². The van der Waals surface area contributed by atoms with E-state index in [4.69, 9.17) is 0 Å². The molecule has 0 atom stereocenters. The van der Waals surface area contributed by atoms with Gasteiger partial charge in [0.15, 0.2) is 0 Å². The van der Waals surface area contributed by atoms with Crippen LogP contribution in [-0.4, -0.2) is 22.4 Å². The van der Waals surface area contributed by atoms with Gasteiger partial charge in [-0.15, -0.1) is 0 Å². The molecular formula is C22H24N4O. The summed E-state index contributed by atoms with van der Waals surface area (Å²) in [6.07, 6.45) is 0.782. The van der Waals surface area contributed by atoms with Crippen molar-refractivity contribution in [3.63, 3.8) is 0 Å². The monoisotopic (exact) mass is 360 g/mol. The molecule has 0 saturated carbocycles. The summed E-state index contributed by atoms with van der Waals surface area (Å²) < 4.78 is 0. The lowest BCUT2D eigenvalue weighted by Crippen LogP contribution is -2.27. The van der Waals surface area contributed by atoms with Gasteiger partial charge in [-0.25, -0.2) is 9.97 Å². The van der Waals surface area contributed by atoms with E-state index in [2.05, 4.69) is 40.5 Å². The summed E-state index contributed by atoms with van der Waals surface area (Å²) in [5.74, 6) is 0.975. The van der Waals surface area contributed by atoms with Gasteiger partial charge in [-0.3, -0.25) is 4.79 Å². The van der Waals surface area contributed by atoms with Crippen LogP contribution in [0.2, 0.25) is 0 Å². The van der Waals surface area contributed by atoms with Crippen LogP contribution in [0, 0.1) is 20.8 Å². The van der Waals surface area contributed by atoms with E-state index in [1.54, 1.807) is 13.0 Å². The third kappa shape index (κ3) is 4.91. The minimum atomic E-state index is -0.194. The smallest absolute Gasteiger partial charge is 0.270 e. The minimum Gasteiger partial charge on any atom is -0.350 e. The molecule has 0 aliphatic rings. The van der Waals surface area contributed by atoms with Gasteiger partial charge in [0.25, 0.3) is 5.91 Å². The lowest BCUT2D eigenvalue weighted by molar-refractivity contribution is 0.0949. The number of amides is 1. The van der Waals surface area contributed by atoms with Gasteiger partial charge >= 0.3 is 0 Å². The van der Waals surface area contributed by atoms with Gasteiger partial charge in [0.1, 0.15) is 17.3 Å². The van der Waals surface area contributed by atoms with Crippen molar-refractivity contribution in [3.8, 4) is 0 Å². The fourth-order valence-corrected chi connectivity index (χ4v) is 2.83. The normalized spacial score (nSPS) is 10.5. The highest BCUT2D eigenvalue weighted by atomic mass is 16.1. The third-order valence-electron chi connectivity index (χ3n) is 4.48. The molecule has 0 radical (unpaired) electrons. The van der Waals surface area contributed by atoms with Crippen molar-refractivity contribution in [2.75, 3.05) is 11.9 Å². The van der Waals surface area contributed by atoms with Crippen LogP contribution in [0.15, 0.2) is 54.6 Å². The van der Waals surface area contributed by atoms with Gasteiger partial charge < -0.3 is 10.6 Å². The molecule has 0 unspecified atom stereocenters. The fourth-order valence-electron chi connectivity index (χ4n) is 2.83. The average molecular weight is 360 g/mol. The third-order valence-corrected chi connectivity index (χ3v) is 4.48. The molecule has 0 saturated heterocycles. The van der Waals surface area contributed by atoms with Crippen LogP contribution in [0.3, 0.4) is 0 Å². The van der Waals surface area contributed by atoms with Gasteiger partial charge in [0, 0.05) is 18.3 Å². The number of benzene rings is 2. The van der Waals surface area contributed by atoms with E-state index >= 15 is 0 Å². The Labute approximate surface area is 159 Å². The molecule has 0 fully saturated rings. The highest BCUT2D eigenvalue weighted by Crippen LogP contribution is 2.22. The maximum atomic E-state index is 12.5. The summed E-state index contributed by atoms with van der Waals surface area (Å²) >= 11 is 0. The van der Waals surface area contributed by atoms with Crippen LogP contribution >= 0.6 is 0 Å². The second-order valence-corrected chi connectivity index (χ2v) is 6.55. The largest absolute Gasteiger partial charge is 0.350 e. The first-order chi connectivity index (χ1) is 13.0. The molecule has 3 aromatic rings. The Morgan fingerprint density at radius 1 is 0.963 bits per heavy atom. The Morgan fingerprint density at radius 2 is 1.74 bits per heavy atom. The second-order valence-electron chi connectivity index (χ2n) is 6.55. The number of aryl methyl sites for hydroxylation is 2. The Kier molecular flexibility index (Phi) is 5.81. The maximum Gasteiger partial charge on any atom is 0.270 e. The minimum absolute atomic E-state index is 0.194. The quantitative estimate of drug-likeness (QED) is 0.694. The number of nitrogens with one attached hydrogen (secondary N) is 2.